The van der Waals surface area contributed by atoms with E-state index in [0.717, 1.165) is 32.1 Å². The number of ether oxygens (including phenoxy) is 2. The van der Waals surface area contributed by atoms with Crippen LogP contribution >= 0.6 is 0 Å². The summed E-state index contributed by atoms with van der Waals surface area (Å²) >= 11 is 0. The van der Waals surface area contributed by atoms with E-state index in [-0.39, 0.29) is 24.0 Å². The van der Waals surface area contributed by atoms with Crippen molar-refractivity contribution in [2.45, 2.75) is 38.1 Å². The smallest absolute Gasteiger partial charge is 0.319 e. The third-order valence-electron chi connectivity index (χ3n) is 4.05. The molecule has 0 saturated heterocycles. The number of carbonyl (C=O) groups excluding carboxylic acids is 2. The Balaban J connectivity index is 2.03. The molecule has 0 unspecified atom stereocenters. The zero-order chi connectivity index (χ0) is 16.7. The van der Waals surface area contributed by atoms with Gasteiger partial charge in [0.2, 0.25) is 5.88 Å². The first kappa shape index (κ1) is 17.1. The van der Waals surface area contributed by atoms with Gasteiger partial charge in [-0.15, -0.1) is 0 Å². The van der Waals surface area contributed by atoms with Crippen LogP contribution in [0.15, 0.2) is 18.3 Å². The number of pyridine rings is 1. The van der Waals surface area contributed by atoms with Crippen LogP contribution in [0.1, 0.15) is 32.1 Å². The molecule has 1 fully saturated rings. The largest absolute Gasteiger partial charge is 0.480 e. The lowest BCUT2D eigenvalue weighted by Gasteiger charge is -2.24. The van der Waals surface area contributed by atoms with Crippen LogP contribution in [0.4, 0.5) is 10.5 Å². The predicted molar refractivity (Wildman–Crippen MR) is 85.3 cm³/mol. The van der Waals surface area contributed by atoms with E-state index in [1.54, 1.807) is 18.3 Å². The third-order valence-corrected chi connectivity index (χ3v) is 4.05. The Hall–Kier alpha value is -2.31. The van der Waals surface area contributed by atoms with E-state index in [0.29, 0.717) is 11.6 Å². The molecule has 0 bridgehead atoms. The summed E-state index contributed by atoms with van der Waals surface area (Å²) in [6, 6.07) is 2.81. The minimum Gasteiger partial charge on any atom is -0.480 e. The zero-order valence-electron chi connectivity index (χ0n) is 13.5. The monoisotopic (exact) mass is 321 g/mol. The quantitative estimate of drug-likeness (QED) is 0.656. The zero-order valence-corrected chi connectivity index (χ0v) is 13.5. The topological polar surface area (TPSA) is 89.5 Å². The molecule has 1 aromatic heterocycles. The summed E-state index contributed by atoms with van der Waals surface area (Å²) in [6.07, 6.45) is 6.08. The number of aromatic nitrogens is 1. The van der Waals surface area contributed by atoms with Gasteiger partial charge in [-0.3, -0.25) is 4.79 Å². The van der Waals surface area contributed by atoms with Gasteiger partial charge in [-0.1, -0.05) is 19.3 Å². The lowest BCUT2D eigenvalue weighted by molar-refractivity contribution is -0.146. The van der Waals surface area contributed by atoms with E-state index in [4.69, 9.17) is 9.47 Å². The second kappa shape index (κ2) is 8.36. The number of nitrogens with one attached hydrogen (secondary N) is 2. The Labute approximate surface area is 135 Å². The van der Waals surface area contributed by atoms with Crippen molar-refractivity contribution in [2.75, 3.05) is 19.5 Å². The maximum absolute atomic E-state index is 12.3. The van der Waals surface area contributed by atoms with Crippen LogP contribution < -0.4 is 15.4 Å². The van der Waals surface area contributed by atoms with Gasteiger partial charge in [0.25, 0.3) is 0 Å². The molecular formula is C16H23N3O4. The van der Waals surface area contributed by atoms with Crippen LogP contribution in [0.25, 0.3) is 0 Å². The van der Waals surface area contributed by atoms with Crippen molar-refractivity contribution in [3.8, 4) is 5.88 Å². The second-order valence-electron chi connectivity index (χ2n) is 5.53. The van der Waals surface area contributed by atoms with Crippen molar-refractivity contribution < 1.29 is 19.1 Å². The molecule has 126 valence electrons. The Kier molecular flexibility index (Phi) is 6.19. The molecule has 2 atom stereocenters. The SMILES string of the molecule is COC(=O)[C@@H]1CCCCC[C@H]1NC(=O)Nc1cccnc1OC. The van der Waals surface area contributed by atoms with Crippen LogP contribution in [-0.2, 0) is 9.53 Å². The highest BCUT2D eigenvalue weighted by Crippen LogP contribution is 2.25. The first-order chi connectivity index (χ1) is 11.2. The number of carbonyl (C=O) groups is 2. The van der Waals surface area contributed by atoms with Crippen LogP contribution in [0.2, 0.25) is 0 Å². The van der Waals surface area contributed by atoms with E-state index in [1.807, 2.05) is 0 Å². The summed E-state index contributed by atoms with van der Waals surface area (Å²) in [6.45, 7) is 0. The third kappa shape index (κ3) is 4.58. The van der Waals surface area contributed by atoms with Gasteiger partial charge in [0.1, 0.15) is 5.69 Å². The fourth-order valence-corrected chi connectivity index (χ4v) is 2.89. The summed E-state index contributed by atoms with van der Waals surface area (Å²) in [7, 11) is 2.87. The average Bonchev–Trinajstić information content (AvgIpc) is 2.80. The number of amides is 2. The molecule has 2 rings (SSSR count). The minimum absolute atomic E-state index is 0.229. The lowest BCUT2D eigenvalue weighted by Crippen LogP contribution is -2.45. The second-order valence-corrected chi connectivity index (χ2v) is 5.53. The van der Waals surface area contributed by atoms with Gasteiger partial charge in [0.05, 0.1) is 20.1 Å². The minimum atomic E-state index is -0.378. The predicted octanol–water partition coefficient (Wildman–Crippen LogP) is 2.33. The molecule has 2 N–H and O–H groups in total. The van der Waals surface area contributed by atoms with Crippen LogP contribution in [0.3, 0.4) is 0 Å². The number of urea groups is 1. The molecule has 0 radical (unpaired) electrons. The summed E-state index contributed by atoms with van der Waals surface area (Å²) in [5.41, 5.74) is 0.482. The van der Waals surface area contributed by atoms with Gasteiger partial charge < -0.3 is 20.1 Å². The molecule has 7 heteroatoms. The molecule has 0 aromatic carbocycles. The molecule has 1 heterocycles. The van der Waals surface area contributed by atoms with Gasteiger partial charge in [-0.05, 0) is 25.0 Å². The number of esters is 1. The molecule has 1 aliphatic carbocycles. The van der Waals surface area contributed by atoms with Crippen molar-refractivity contribution >= 4 is 17.7 Å². The number of rotatable bonds is 4. The van der Waals surface area contributed by atoms with Crippen LogP contribution in [-0.4, -0.2) is 37.2 Å². The Morgan fingerprint density at radius 1 is 1.22 bits per heavy atom. The van der Waals surface area contributed by atoms with Gasteiger partial charge in [0.15, 0.2) is 0 Å². The lowest BCUT2D eigenvalue weighted by atomic mass is 9.95. The van der Waals surface area contributed by atoms with Crippen LogP contribution in [0.5, 0.6) is 5.88 Å². The number of hydrogen-bond acceptors (Lipinski definition) is 5. The molecular weight excluding hydrogens is 298 g/mol. The molecule has 23 heavy (non-hydrogen) atoms. The first-order valence-electron chi connectivity index (χ1n) is 7.80. The molecule has 1 aliphatic rings. The van der Waals surface area contributed by atoms with Gasteiger partial charge >= 0.3 is 12.0 Å². The highest BCUT2D eigenvalue weighted by atomic mass is 16.5. The molecule has 0 spiro atoms. The highest BCUT2D eigenvalue weighted by Gasteiger charge is 2.31. The van der Waals surface area contributed by atoms with Crippen molar-refractivity contribution in [3.05, 3.63) is 18.3 Å². The summed E-state index contributed by atoms with van der Waals surface area (Å²) in [5, 5.41) is 5.61. The highest BCUT2D eigenvalue weighted by molar-refractivity contribution is 5.91. The van der Waals surface area contributed by atoms with E-state index in [9.17, 15) is 9.59 Å². The van der Waals surface area contributed by atoms with E-state index >= 15 is 0 Å². The van der Waals surface area contributed by atoms with Crippen molar-refractivity contribution in [2.24, 2.45) is 5.92 Å². The van der Waals surface area contributed by atoms with Gasteiger partial charge in [-0.2, -0.15) is 0 Å². The number of nitrogens with zero attached hydrogens (tertiary/aromatic N) is 1. The standard InChI is InChI=1S/C16H23N3O4/c1-22-14-13(9-6-10-17-14)19-16(21)18-12-8-5-3-4-7-11(12)15(20)23-2/h6,9-12H,3-5,7-8H2,1-2H3,(H2,18,19,21)/t11-,12-/m1/s1. The fraction of sp³-hybridized carbons (Fsp3) is 0.562. The Bertz CT molecular complexity index is 550. The molecule has 1 saturated carbocycles. The van der Waals surface area contributed by atoms with Crippen molar-refractivity contribution in [3.63, 3.8) is 0 Å². The summed E-state index contributed by atoms with van der Waals surface area (Å²) in [5.74, 6) is -0.228. The molecule has 2 amide bonds. The normalized spacial score (nSPS) is 21.0. The molecule has 0 aliphatic heterocycles. The number of methoxy groups -OCH3 is 2. The van der Waals surface area contributed by atoms with Gasteiger partial charge in [-0.25, -0.2) is 9.78 Å². The summed E-state index contributed by atoms with van der Waals surface area (Å²) in [4.78, 5) is 28.2. The van der Waals surface area contributed by atoms with E-state index in [1.165, 1.54) is 14.2 Å². The molecule has 7 nitrogen and oxygen atoms in total. The Morgan fingerprint density at radius 3 is 2.74 bits per heavy atom. The van der Waals surface area contributed by atoms with E-state index < -0.39 is 0 Å². The Morgan fingerprint density at radius 2 is 2.00 bits per heavy atom. The van der Waals surface area contributed by atoms with E-state index in [2.05, 4.69) is 15.6 Å². The first-order valence-corrected chi connectivity index (χ1v) is 7.80. The number of hydrogen-bond donors (Lipinski definition) is 2. The fourth-order valence-electron chi connectivity index (χ4n) is 2.89. The maximum atomic E-state index is 12.3. The summed E-state index contributed by atoms with van der Waals surface area (Å²) < 4.78 is 9.98. The van der Waals surface area contributed by atoms with Crippen LogP contribution in [0, 0.1) is 5.92 Å². The number of anilines is 1. The molecule has 1 aromatic rings. The van der Waals surface area contributed by atoms with Crippen molar-refractivity contribution in [1.82, 2.24) is 10.3 Å². The van der Waals surface area contributed by atoms with Gasteiger partial charge in [0, 0.05) is 12.2 Å². The maximum Gasteiger partial charge on any atom is 0.319 e. The van der Waals surface area contributed by atoms with Crippen molar-refractivity contribution in [1.29, 1.82) is 0 Å². The average molecular weight is 321 g/mol.